The largest absolute Gasteiger partial charge is 0.505 e. The molecule has 0 aliphatic carbocycles. The number of phenolic OH excluding ortho intramolecular Hbond substituents is 1. The molecule has 1 aromatic heterocycles. The Hall–Kier alpha value is -3.93. The Morgan fingerprint density at radius 3 is 2.00 bits per heavy atom. The van der Waals surface area contributed by atoms with Gasteiger partial charge in [-0.25, -0.2) is 4.79 Å². The van der Waals surface area contributed by atoms with E-state index in [4.69, 9.17) is 4.74 Å². The van der Waals surface area contributed by atoms with Crippen molar-refractivity contribution in [1.29, 1.82) is 0 Å². The number of aromatic hydroxyl groups is 1. The summed E-state index contributed by atoms with van der Waals surface area (Å²) in [5, 5.41) is 21.1. The van der Waals surface area contributed by atoms with Crippen LogP contribution in [0.3, 0.4) is 0 Å². The van der Waals surface area contributed by atoms with Crippen LogP contribution in [0.25, 0.3) is 16.7 Å². The molecule has 1 atom stereocenters. The highest BCUT2D eigenvalue weighted by molar-refractivity contribution is 5.87. The van der Waals surface area contributed by atoms with E-state index in [0.29, 0.717) is 11.3 Å². The fourth-order valence-corrected chi connectivity index (χ4v) is 5.33. The number of ether oxygens (including phenoxy) is 1. The van der Waals surface area contributed by atoms with Crippen molar-refractivity contribution >= 4 is 17.0 Å². The monoisotopic (exact) mass is 525 g/mol. The Bertz CT molecular complexity index is 1480. The van der Waals surface area contributed by atoms with E-state index in [1.54, 1.807) is 6.92 Å². The number of esters is 1. The molecule has 0 bridgehead atoms. The maximum absolute atomic E-state index is 12.5. The lowest BCUT2D eigenvalue weighted by molar-refractivity contribution is -0.141. The number of benzene rings is 3. The molecule has 39 heavy (non-hydrogen) atoms. The Morgan fingerprint density at radius 1 is 0.897 bits per heavy atom. The number of carbonyl (C=O) groups excluding carboxylic acids is 1. The van der Waals surface area contributed by atoms with Gasteiger partial charge in [-0.3, -0.25) is 0 Å². The van der Waals surface area contributed by atoms with Gasteiger partial charge in [-0.15, -0.1) is 15.0 Å². The van der Waals surface area contributed by atoms with Crippen LogP contribution in [0.2, 0.25) is 0 Å². The van der Waals surface area contributed by atoms with E-state index in [0.717, 1.165) is 34.1 Å². The number of rotatable bonds is 8. The van der Waals surface area contributed by atoms with E-state index in [1.807, 2.05) is 48.5 Å². The van der Waals surface area contributed by atoms with Crippen LogP contribution >= 0.6 is 0 Å². The van der Waals surface area contributed by atoms with Crippen molar-refractivity contribution in [3.8, 4) is 11.4 Å². The third-order valence-electron chi connectivity index (χ3n) is 7.25. The molecule has 0 aliphatic rings. The first-order valence-electron chi connectivity index (χ1n) is 13.3. The van der Waals surface area contributed by atoms with Crippen LogP contribution in [0.5, 0.6) is 5.75 Å². The van der Waals surface area contributed by atoms with Crippen LogP contribution in [0.15, 0.2) is 78.9 Å². The predicted octanol–water partition coefficient (Wildman–Crippen LogP) is 7.27. The van der Waals surface area contributed by atoms with E-state index >= 15 is 0 Å². The number of carbonyl (C=O) groups is 1. The molecule has 6 heteroatoms. The first-order valence-corrected chi connectivity index (χ1v) is 13.3. The second-order valence-corrected chi connectivity index (χ2v) is 12.5. The van der Waals surface area contributed by atoms with Crippen LogP contribution in [0, 0.1) is 5.41 Å². The molecular formula is C33H39N3O3. The number of hydrogen-bond donors (Lipinski definition) is 1. The molecule has 1 heterocycles. The molecule has 1 N–H and O–H groups in total. The van der Waals surface area contributed by atoms with Crippen LogP contribution in [0.1, 0.15) is 71.6 Å². The molecule has 0 radical (unpaired) electrons. The fraction of sp³-hybridized carbons (Fsp3) is 0.364. The minimum atomic E-state index is -0.570. The number of aromatic nitrogens is 3. The summed E-state index contributed by atoms with van der Waals surface area (Å²) in [4.78, 5) is 14.0. The van der Waals surface area contributed by atoms with Crippen molar-refractivity contribution in [2.24, 2.45) is 5.41 Å². The van der Waals surface area contributed by atoms with Crippen LogP contribution in [-0.4, -0.2) is 32.7 Å². The Morgan fingerprint density at radius 2 is 1.46 bits per heavy atom. The lowest BCUT2D eigenvalue weighted by Crippen LogP contribution is -2.35. The Balaban J connectivity index is 1.97. The first-order chi connectivity index (χ1) is 18.2. The average molecular weight is 526 g/mol. The average Bonchev–Trinajstić information content (AvgIpc) is 3.30. The summed E-state index contributed by atoms with van der Waals surface area (Å²) in [6.07, 6.45) is 0.730. The topological polar surface area (TPSA) is 77.2 Å². The molecule has 3 aromatic carbocycles. The lowest BCUT2D eigenvalue weighted by atomic mass is 9.69. The van der Waals surface area contributed by atoms with Crippen molar-refractivity contribution in [2.75, 3.05) is 6.61 Å². The molecule has 4 rings (SSSR count). The van der Waals surface area contributed by atoms with Crippen LogP contribution < -0.4 is 0 Å². The van der Waals surface area contributed by atoms with Gasteiger partial charge in [0, 0.05) is 22.0 Å². The van der Waals surface area contributed by atoms with Crippen LogP contribution in [0.4, 0.5) is 0 Å². The summed E-state index contributed by atoms with van der Waals surface area (Å²) < 4.78 is 5.76. The summed E-state index contributed by atoms with van der Waals surface area (Å²) in [5.74, 6) is -0.302. The number of fused-ring (bicyclic) bond motifs is 1. The molecule has 0 saturated heterocycles. The van der Waals surface area contributed by atoms with Gasteiger partial charge in [0.15, 0.2) is 0 Å². The van der Waals surface area contributed by atoms with Gasteiger partial charge in [0.1, 0.15) is 29.1 Å². The van der Waals surface area contributed by atoms with Gasteiger partial charge >= 0.3 is 5.97 Å². The van der Waals surface area contributed by atoms with Crippen molar-refractivity contribution in [3.05, 3.63) is 95.6 Å². The first kappa shape index (κ1) is 28.1. The summed E-state index contributed by atoms with van der Waals surface area (Å²) in [7, 11) is 0. The molecule has 0 amide bonds. The SMILES string of the molecule is C=C(C)C(=O)OCC(C)(CC(C)(C)C)c1cc(-n2nc3ccccc3n2)c(O)c(C(C)(C)c2ccccc2)c1. The zero-order chi connectivity index (χ0) is 28.6. The molecule has 4 aromatic rings. The molecule has 0 spiro atoms. The zero-order valence-electron chi connectivity index (χ0n) is 24.1. The summed E-state index contributed by atoms with van der Waals surface area (Å²) in [5.41, 5.74) is 3.86. The molecular weight excluding hydrogens is 486 g/mol. The third-order valence-corrected chi connectivity index (χ3v) is 7.25. The van der Waals surface area contributed by atoms with E-state index in [1.165, 1.54) is 4.80 Å². The van der Waals surface area contributed by atoms with Gasteiger partial charge < -0.3 is 9.84 Å². The number of nitrogens with zero attached hydrogens (tertiary/aromatic N) is 3. The highest BCUT2D eigenvalue weighted by atomic mass is 16.5. The van der Waals surface area contributed by atoms with Gasteiger partial charge in [0.25, 0.3) is 0 Å². The molecule has 0 fully saturated rings. The van der Waals surface area contributed by atoms with E-state index < -0.39 is 16.8 Å². The minimum Gasteiger partial charge on any atom is -0.505 e. The minimum absolute atomic E-state index is 0.0732. The number of phenols is 1. The molecule has 204 valence electrons. The van der Waals surface area contributed by atoms with Gasteiger partial charge in [-0.1, -0.05) is 96.7 Å². The van der Waals surface area contributed by atoms with Gasteiger partial charge in [-0.05, 0) is 48.1 Å². The zero-order valence-corrected chi connectivity index (χ0v) is 24.1. The summed E-state index contributed by atoms with van der Waals surface area (Å²) >= 11 is 0. The lowest BCUT2D eigenvalue weighted by Gasteiger charge is -2.37. The highest BCUT2D eigenvalue weighted by Gasteiger charge is 2.37. The van der Waals surface area contributed by atoms with Gasteiger partial charge in [-0.2, -0.15) is 0 Å². The Labute approximate surface area is 231 Å². The second-order valence-electron chi connectivity index (χ2n) is 12.5. The van der Waals surface area contributed by atoms with Crippen molar-refractivity contribution in [3.63, 3.8) is 0 Å². The second kappa shape index (κ2) is 10.3. The predicted molar refractivity (Wildman–Crippen MR) is 156 cm³/mol. The van der Waals surface area contributed by atoms with Crippen molar-refractivity contribution < 1.29 is 14.6 Å². The quantitative estimate of drug-likeness (QED) is 0.193. The maximum atomic E-state index is 12.5. The summed E-state index contributed by atoms with van der Waals surface area (Å²) in [6, 6.07) is 21.7. The fourth-order valence-electron chi connectivity index (χ4n) is 5.33. The normalized spacial score (nSPS) is 13.7. The molecule has 6 nitrogen and oxygen atoms in total. The van der Waals surface area contributed by atoms with Gasteiger partial charge in [0.2, 0.25) is 0 Å². The van der Waals surface area contributed by atoms with Crippen LogP contribution in [-0.2, 0) is 20.4 Å². The standard InChI is InChI=1S/C33H39N3O3/c1-22(2)30(38)39-21-33(8,20-31(3,4)5)24-18-25(32(6,7)23-14-10-9-11-15-23)29(37)28(19-24)36-34-26-16-12-13-17-27(26)35-36/h9-19,37H,1,20-21H2,2-8H3. The van der Waals surface area contributed by atoms with E-state index in [9.17, 15) is 9.90 Å². The number of hydrogen-bond acceptors (Lipinski definition) is 5. The molecule has 0 aliphatic heterocycles. The smallest absolute Gasteiger partial charge is 0.333 e. The van der Waals surface area contributed by atoms with E-state index in [2.05, 4.69) is 76.5 Å². The molecule has 0 saturated carbocycles. The highest BCUT2D eigenvalue weighted by Crippen LogP contribution is 2.45. The maximum Gasteiger partial charge on any atom is 0.333 e. The van der Waals surface area contributed by atoms with Crippen molar-refractivity contribution in [2.45, 2.75) is 65.7 Å². The van der Waals surface area contributed by atoms with E-state index in [-0.39, 0.29) is 17.8 Å². The van der Waals surface area contributed by atoms with Gasteiger partial charge in [0.05, 0.1) is 0 Å². The Kier molecular flexibility index (Phi) is 7.44. The summed E-state index contributed by atoms with van der Waals surface area (Å²) in [6.45, 7) is 18.4. The molecule has 1 unspecified atom stereocenters. The third kappa shape index (κ3) is 5.90. The van der Waals surface area contributed by atoms with Crippen molar-refractivity contribution in [1.82, 2.24) is 15.0 Å².